The third kappa shape index (κ3) is 5.94. The molecule has 0 radical (unpaired) electrons. The number of carboxylic acids is 1. The van der Waals surface area contributed by atoms with Gasteiger partial charge in [-0.1, -0.05) is 26.8 Å². The molecule has 1 amide bonds. The molecule has 0 saturated carbocycles. The predicted molar refractivity (Wildman–Crippen MR) is 78.7 cm³/mol. The minimum Gasteiger partial charge on any atom is -0.481 e. The molecule has 1 aromatic rings. The Morgan fingerprint density at radius 3 is 2.43 bits per heavy atom. The summed E-state index contributed by atoms with van der Waals surface area (Å²) in [7, 11) is 0. The van der Waals surface area contributed by atoms with Crippen LogP contribution >= 0.6 is 0 Å². The Bertz CT molecular complexity index is 535. The van der Waals surface area contributed by atoms with Gasteiger partial charge in [-0.3, -0.25) is 9.59 Å². The molecule has 1 aromatic carbocycles. The second-order valence-electron chi connectivity index (χ2n) is 6.50. The average molecular weight is 295 g/mol. The summed E-state index contributed by atoms with van der Waals surface area (Å²) < 4.78 is 13.5. The molecule has 0 aromatic heterocycles. The van der Waals surface area contributed by atoms with Crippen molar-refractivity contribution in [3.8, 4) is 0 Å². The van der Waals surface area contributed by atoms with Crippen LogP contribution in [0.5, 0.6) is 0 Å². The van der Waals surface area contributed by atoms with E-state index in [4.69, 9.17) is 5.11 Å². The molecule has 4 nitrogen and oxygen atoms in total. The van der Waals surface area contributed by atoms with E-state index in [2.05, 4.69) is 5.32 Å². The number of rotatable bonds is 5. The molecule has 21 heavy (non-hydrogen) atoms. The largest absolute Gasteiger partial charge is 0.481 e. The monoisotopic (exact) mass is 295 g/mol. The van der Waals surface area contributed by atoms with Crippen LogP contribution in [0.15, 0.2) is 18.2 Å². The highest BCUT2D eigenvalue weighted by atomic mass is 19.1. The van der Waals surface area contributed by atoms with Gasteiger partial charge in [0.25, 0.3) is 5.91 Å². The topological polar surface area (TPSA) is 66.4 Å². The zero-order valence-electron chi connectivity index (χ0n) is 12.9. The van der Waals surface area contributed by atoms with Crippen molar-refractivity contribution in [2.45, 2.75) is 46.6 Å². The van der Waals surface area contributed by atoms with Crippen LogP contribution in [-0.4, -0.2) is 23.0 Å². The summed E-state index contributed by atoms with van der Waals surface area (Å²) in [6.07, 6.45) is 0.372. The fraction of sp³-hybridized carbons (Fsp3) is 0.500. The Hall–Kier alpha value is -1.91. The quantitative estimate of drug-likeness (QED) is 0.877. The molecule has 116 valence electrons. The number of aliphatic carboxylic acids is 1. The van der Waals surface area contributed by atoms with E-state index < -0.39 is 23.7 Å². The van der Waals surface area contributed by atoms with Crippen molar-refractivity contribution in [1.82, 2.24) is 5.32 Å². The van der Waals surface area contributed by atoms with Crippen LogP contribution in [0.25, 0.3) is 0 Å². The second-order valence-corrected chi connectivity index (χ2v) is 6.50. The highest BCUT2D eigenvalue weighted by Gasteiger charge is 2.23. The smallest absolute Gasteiger partial charge is 0.305 e. The van der Waals surface area contributed by atoms with Gasteiger partial charge in [-0.15, -0.1) is 0 Å². The number of carbonyl (C=O) groups is 2. The number of halogens is 1. The van der Waals surface area contributed by atoms with Gasteiger partial charge in [-0.25, -0.2) is 4.39 Å². The van der Waals surface area contributed by atoms with Gasteiger partial charge in [-0.2, -0.15) is 0 Å². The number of hydrogen-bond acceptors (Lipinski definition) is 2. The van der Waals surface area contributed by atoms with Crippen LogP contribution in [0.4, 0.5) is 4.39 Å². The Morgan fingerprint density at radius 2 is 1.95 bits per heavy atom. The lowest BCUT2D eigenvalue weighted by molar-refractivity contribution is -0.137. The van der Waals surface area contributed by atoms with Gasteiger partial charge < -0.3 is 10.4 Å². The van der Waals surface area contributed by atoms with E-state index in [1.165, 1.54) is 18.2 Å². The zero-order chi connectivity index (χ0) is 16.2. The molecule has 0 heterocycles. The van der Waals surface area contributed by atoms with Crippen molar-refractivity contribution in [3.63, 3.8) is 0 Å². The first-order valence-corrected chi connectivity index (χ1v) is 6.87. The Kier molecular flexibility index (Phi) is 5.47. The number of benzene rings is 1. The minimum absolute atomic E-state index is 0.119. The van der Waals surface area contributed by atoms with Gasteiger partial charge in [-0.05, 0) is 36.5 Å². The number of carbonyl (C=O) groups excluding carboxylic acids is 1. The molecular weight excluding hydrogens is 273 g/mol. The van der Waals surface area contributed by atoms with Crippen LogP contribution in [0.3, 0.4) is 0 Å². The van der Waals surface area contributed by atoms with Crippen LogP contribution in [0.2, 0.25) is 0 Å². The van der Waals surface area contributed by atoms with E-state index in [1.54, 1.807) is 6.92 Å². The Balaban J connectivity index is 2.83. The van der Waals surface area contributed by atoms with Crippen molar-refractivity contribution < 1.29 is 19.1 Å². The summed E-state index contributed by atoms with van der Waals surface area (Å²) >= 11 is 0. The molecule has 0 aliphatic rings. The number of carboxylic acid groups (broad SMARTS) is 1. The molecule has 0 spiro atoms. The SMILES string of the molecule is Cc1ccc(C(=O)NC(CC(=O)O)CC(C)(C)C)cc1F. The maximum atomic E-state index is 13.5. The van der Waals surface area contributed by atoms with Gasteiger partial charge >= 0.3 is 5.97 Å². The first kappa shape index (κ1) is 17.1. The summed E-state index contributed by atoms with van der Waals surface area (Å²) in [6, 6.07) is 3.74. The lowest BCUT2D eigenvalue weighted by Crippen LogP contribution is -2.39. The van der Waals surface area contributed by atoms with E-state index in [0.29, 0.717) is 12.0 Å². The van der Waals surface area contributed by atoms with Gasteiger partial charge in [0.2, 0.25) is 0 Å². The van der Waals surface area contributed by atoms with Gasteiger partial charge in [0, 0.05) is 11.6 Å². The third-order valence-electron chi connectivity index (χ3n) is 3.05. The number of nitrogens with one attached hydrogen (secondary N) is 1. The van der Waals surface area contributed by atoms with E-state index in [-0.39, 0.29) is 17.4 Å². The van der Waals surface area contributed by atoms with Crippen molar-refractivity contribution >= 4 is 11.9 Å². The summed E-state index contributed by atoms with van der Waals surface area (Å²) in [4.78, 5) is 23.0. The minimum atomic E-state index is -0.973. The van der Waals surface area contributed by atoms with E-state index in [9.17, 15) is 14.0 Å². The summed E-state index contributed by atoms with van der Waals surface area (Å²) in [5, 5.41) is 11.6. The lowest BCUT2D eigenvalue weighted by atomic mass is 9.87. The molecular formula is C16H22FNO3. The Labute approximate surface area is 124 Å². The molecule has 0 saturated heterocycles. The molecule has 0 fully saturated rings. The normalized spacial score (nSPS) is 12.8. The van der Waals surface area contributed by atoms with Crippen molar-refractivity contribution in [1.29, 1.82) is 0 Å². The lowest BCUT2D eigenvalue weighted by Gasteiger charge is -2.25. The standard InChI is InChI=1S/C16H22FNO3/c1-10-5-6-11(7-13(10)17)15(21)18-12(8-14(19)20)9-16(2,3)4/h5-7,12H,8-9H2,1-4H3,(H,18,21)(H,19,20). The van der Waals surface area contributed by atoms with Crippen molar-refractivity contribution in [2.24, 2.45) is 5.41 Å². The second kappa shape index (κ2) is 6.70. The summed E-state index contributed by atoms with van der Waals surface area (Å²) in [5.41, 5.74) is 0.539. The van der Waals surface area contributed by atoms with E-state index >= 15 is 0 Å². The molecule has 0 bridgehead atoms. The predicted octanol–water partition coefficient (Wildman–Crippen LogP) is 3.14. The van der Waals surface area contributed by atoms with Crippen LogP contribution in [0.1, 0.15) is 49.5 Å². The van der Waals surface area contributed by atoms with Crippen LogP contribution in [-0.2, 0) is 4.79 Å². The van der Waals surface area contributed by atoms with Gasteiger partial charge in [0.1, 0.15) is 5.82 Å². The maximum Gasteiger partial charge on any atom is 0.305 e. The Morgan fingerprint density at radius 1 is 1.33 bits per heavy atom. The average Bonchev–Trinajstić information content (AvgIpc) is 2.29. The summed E-state index contributed by atoms with van der Waals surface area (Å²) in [5.74, 6) is -1.88. The van der Waals surface area contributed by atoms with E-state index in [0.717, 1.165) is 0 Å². The van der Waals surface area contributed by atoms with Gasteiger partial charge in [0.15, 0.2) is 0 Å². The van der Waals surface area contributed by atoms with Crippen molar-refractivity contribution in [2.75, 3.05) is 0 Å². The van der Waals surface area contributed by atoms with Gasteiger partial charge in [0.05, 0.1) is 6.42 Å². The molecule has 1 rings (SSSR count). The zero-order valence-corrected chi connectivity index (χ0v) is 12.9. The third-order valence-corrected chi connectivity index (χ3v) is 3.05. The first-order chi connectivity index (χ1) is 9.58. The molecule has 1 atom stereocenters. The number of amides is 1. The molecule has 0 aliphatic heterocycles. The molecule has 2 N–H and O–H groups in total. The fourth-order valence-corrected chi connectivity index (χ4v) is 2.13. The van der Waals surface area contributed by atoms with E-state index in [1.807, 2.05) is 20.8 Å². The van der Waals surface area contributed by atoms with Crippen molar-refractivity contribution in [3.05, 3.63) is 35.1 Å². The highest BCUT2D eigenvalue weighted by Crippen LogP contribution is 2.22. The van der Waals surface area contributed by atoms with Crippen LogP contribution in [0, 0.1) is 18.2 Å². The molecule has 5 heteroatoms. The van der Waals surface area contributed by atoms with Crippen LogP contribution < -0.4 is 5.32 Å². The fourth-order valence-electron chi connectivity index (χ4n) is 2.13. The number of aryl methyl sites for hydroxylation is 1. The molecule has 0 aliphatic carbocycles. The first-order valence-electron chi connectivity index (χ1n) is 6.87. The number of hydrogen-bond donors (Lipinski definition) is 2. The highest BCUT2D eigenvalue weighted by molar-refractivity contribution is 5.94. The molecule has 1 unspecified atom stereocenters. The summed E-state index contributed by atoms with van der Waals surface area (Å²) in [6.45, 7) is 7.53. The maximum absolute atomic E-state index is 13.5.